The number of aliphatic hydroxyl groups is 3. The van der Waals surface area contributed by atoms with E-state index >= 15 is 0 Å². The van der Waals surface area contributed by atoms with Crippen molar-refractivity contribution in [1.29, 1.82) is 0 Å². The molecule has 11 nitrogen and oxygen atoms in total. The first-order valence-electron chi connectivity index (χ1n) is 7.18. The Balaban J connectivity index is 2.83. The van der Waals surface area contributed by atoms with Crippen LogP contribution in [0.1, 0.15) is 13.8 Å². The second-order valence-corrected chi connectivity index (χ2v) is 5.36. The Hall–Kier alpha value is -1.79. The molecule has 0 aromatic heterocycles. The molecule has 24 heavy (non-hydrogen) atoms. The number of aliphatic hydroxyl groups excluding tert-OH is 3. The van der Waals surface area contributed by atoms with Gasteiger partial charge in [0, 0.05) is 13.8 Å². The van der Waals surface area contributed by atoms with Crippen LogP contribution in [0.3, 0.4) is 0 Å². The summed E-state index contributed by atoms with van der Waals surface area (Å²) in [4.78, 5) is 33.3. The average molecular weight is 350 g/mol. The summed E-state index contributed by atoms with van der Waals surface area (Å²) in [5.74, 6) is -2.48. The second kappa shape index (κ2) is 8.89. The monoisotopic (exact) mass is 350 g/mol. The summed E-state index contributed by atoms with van der Waals surface area (Å²) in [5, 5.41) is 42.6. The molecule has 0 bridgehead atoms. The quantitative estimate of drug-likeness (QED) is 0.272. The van der Waals surface area contributed by atoms with Crippen LogP contribution in [-0.2, 0) is 23.9 Å². The third kappa shape index (κ3) is 5.39. The largest absolute Gasteiger partial charge is 0.480 e. The van der Waals surface area contributed by atoms with Gasteiger partial charge in [0.05, 0.1) is 13.2 Å². The smallest absolute Gasteiger partial charge is 0.328 e. The zero-order valence-corrected chi connectivity index (χ0v) is 13.2. The van der Waals surface area contributed by atoms with Gasteiger partial charge in [0.1, 0.15) is 24.4 Å². The van der Waals surface area contributed by atoms with Gasteiger partial charge in [-0.1, -0.05) is 0 Å². The molecule has 0 aromatic carbocycles. The summed E-state index contributed by atoms with van der Waals surface area (Å²) in [6.45, 7) is 1.16. The van der Waals surface area contributed by atoms with Gasteiger partial charge < -0.3 is 40.5 Å². The van der Waals surface area contributed by atoms with Crippen molar-refractivity contribution >= 4 is 17.8 Å². The average Bonchev–Trinajstić information content (AvgIpc) is 2.48. The summed E-state index contributed by atoms with van der Waals surface area (Å²) >= 11 is 0. The van der Waals surface area contributed by atoms with Crippen LogP contribution >= 0.6 is 0 Å². The summed E-state index contributed by atoms with van der Waals surface area (Å²) in [6.07, 6.45) is -5.50. The van der Waals surface area contributed by atoms with Gasteiger partial charge >= 0.3 is 5.97 Å². The fourth-order valence-corrected chi connectivity index (χ4v) is 2.22. The van der Waals surface area contributed by atoms with Gasteiger partial charge in [0.2, 0.25) is 11.8 Å². The van der Waals surface area contributed by atoms with Gasteiger partial charge in [-0.3, -0.25) is 9.59 Å². The lowest BCUT2D eigenvalue weighted by Crippen LogP contribution is -2.65. The first kappa shape index (κ1) is 20.3. The Morgan fingerprint density at radius 3 is 2.25 bits per heavy atom. The number of carboxylic acids is 1. The molecule has 1 rings (SSSR count). The number of hydrogen-bond donors (Lipinski definition) is 6. The predicted molar refractivity (Wildman–Crippen MR) is 76.6 cm³/mol. The molecule has 1 aliphatic rings. The predicted octanol–water partition coefficient (Wildman–Crippen LogP) is -3.46. The minimum atomic E-state index is -1.51. The lowest BCUT2D eigenvalue weighted by molar-refractivity contribution is -0.271. The molecule has 2 amide bonds. The van der Waals surface area contributed by atoms with Gasteiger partial charge in [-0.15, -0.1) is 0 Å². The fourth-order valence-electron chi connectivity index (χ4n) is 2.22. The fraction of sp³-hybridized carbons (Fsp3) is 0.769. The molecule has 11 heteroatoms. The lowest BCUT2D eigenvalue weighted by atomic mass is 9.97. The minimum absolute atomic E-state index is 0.517. The summed E-state index contributed by atoms with van der Waals surface area (Å²) in [7, 11) is 0. The van der Waals surface area contributed by atoms with E-state index in [1.54, 1.807) is 0 Å². The molecule has 1 heterocycles. The van der Waals surface area contributed by atoms with Crippen molar-refractivity contribution in [3.8, 4) is 0 Å². The normalized spacial score (nSPS) is 31.1. The Morgan fingerprint density at radius 2 is 1.79 bits per heavy atom. The van der Waals surface area contributed by atoms with Gasteiger partial charge in [-0.2, -0.15) is 0 Å². The Kier molecular flexibility index (Phi) is 7.51. The standard InChI is InChI=1S/C13H22N2O9/c1-5(17)14-7(12(21)22)4-23-13-9(15-6(2)18)11(20)10(19)8(3-16)24-13/h7-11,13,16,19-20H,3-4H2,1-2H3,(H,14,17)(H,15,18)(H,21,22)/t7-,8+,9+,10+,11+,13+/m0/s1. The molecule has 0 saturated carbocycles. The van der Waals surface area contributed by atoms with Crippen LogP contribution in [0.2, 0.25) is 0 Å². The van der Waals surface area contributed by atoms with E-state index in [1.165, 1.54) is 6.92 Å². The highest BCUT2D eigenvalue weighted by molar-refractivity contribution is 5.82. The summed E-state index contributed by atoms with van der Waals surface area (Å²) in [6, 6.07) is -2.56. The molecular formula is C13H22N2O9. The molecule has 138 valence electrons. The van der Waals surface area contributed by atoms with E-state index in [2.05, 4.69) is 10.6 Å². The van der Waals surface area contributed by atoms with E-state index in [9.17, 15) is 24.6 Å². The van der Waals surface area contributed by atoms with Gasteiger partial charge in [-0.25, -0.2) is 4.79 Å². The number of aliphatic carboxylic acids is 1. The molecule has 0 radical (unpaired) electrons. The maximum absolute atomic E-state index is 11.2. The molecule has 0 spiro atoms. The third-order valence-corrected chi connectivity index (χ3v) is 3.35. The molecule has 0 unspecified atom stereocenters. The molecular weight excluding hydrogens is 328 g/mol. The van der Waals surface area contributed by atoms with E-state index in [4.69, 9.17) is 19.7 Å². The van der Waals surface area contributed by atoms with Crippen LogP contribution < -0.4 is 10.6 Å². The minimum Gasteiger partial charge on any atom is -0.480 e. The van der Waals surface area contributed by atoms with Crippen molar-refractivity contribution in [3.63, 3.8) is 0 Å². The number of nitrogens with one attached hydrogen (secondary N) is 2. The number of ether oxygens (including phenoxy) is 2. The SMILES string of the molecule is CC(=O)N[C@H]1[C@H](OC[C@H](NC(C)=O)C(=O)O)O[C@H](CO)[C@@H](O)[C@@H]1O. The lowest BCUT2D eigenvalue weighted by Gasteiger charge is -2.42. The van der Waals surface area contributed by atoms with Crippen LogP contribution in [-0.4, -0.2) is 88.1 Å². The zero-order chi connectivity index (χ0) is 18.4. The number of carbonyl (C=O) groups is 3. The van der Waals surface area contributed by atoms with Crippen molar-refractivity contribution < 1.29 is 44.3 Å². The van der Waals surface area contributed by atoms with E-state index in [0.29, 0.717) is 0 Å². The molecule has 1 fully saturated rings. The number of amides is 2. The Labute approximate surface area is 137 Å². The van der Waals surface area contributed by atoms with Crippen molar-refractivity contribution in [2.75, 3.05) is 13.2 Å². The van der Waals surface area contributed by atoms with E-state index < -0.39 is 67.7 Å². The van der Waals surface area contributed by atoms with Crippen molar-refractivity contribution in [3.05, 3.63) is 0 Å². The Bertz CT molecular complexity index is 472. The third-order valence-electron chi connectivity index (χ3n) is 3.35. The molecule has 6 N–H and O–H groups in total. The highest BCUT2D eigenvalue weighted by Crippen LogP contribution is 2.22. The topological polar surface area (TPSA) is 175 Å². The van der Waals surface area contributed by atoms with Gasteiger partial charge in [-0.05, 0) is 0 Å². The van der Waals surface area contributed by atoms with E-state index in [-0.39, 0.29) is 0 Å². The van der Waals surface area contributed by atoms with Crippen LogP contribution in [0.15, 0.2) is 0 Å². The van der Waals surface area contributed by atoms with E-state index in [0.717, 1.165) is 6.92 Å². The number of hydrogen-bond acceptors (Lipinski definition) is 8. The van der Waals surface area contributed by atoms with Crippen LogP contribution in [0, 0.1) is 0 Å². The van der Waals surface area contributed by atoms with Crippen LogP contribution in [0.4, 0.5) is 0 Å². The van der Waals surface area contributed by atoms with E-state index in [1.807, 2.05) is 0 Å². The molecule has 6 atom stereocenters. The number of rotatable bonds is 7. The molecule has 1 aliphatic heterocycles. The highest BCUT2D eigenvalue weighted by atomic mass is 16.7. The van der Waals surface area contributed by atoms with Crippen molar-refractivity contribution in [1.82, 2.24) is 10.6 Å². The summed E-state index contributed by atoms with van der Waals surface area (Å²) < 4.78 is 10.5. The second-order valence-electron chi connectivity index (χ2n) is 5.36. The number of carboxylic acid groups (broad SMARTS) is 1. The van der Waals surface area contributed by atoms with Crippen molar-refractivity contribution in [2.24, 2.45) is 0 Å². The molecule has 0 aromatic rings. The van der Waals surface area contributed by atoms with Gasteiger partial charge in [0.25, 0.3) is 0 Å². The summed E-state index contributed by atoms with van der Waals surface area (Å²) in [5.41, 5.74) is 0. The number of carbonyl (C=O) groups excluding carboxylic acids is 2. The molecule has 0 aliphatic carbocycles. The van der Waals surface area contributed by atoms with Crippen LogP contribution in [0.5, 0.6) is 0 Å². The van der Waals surface area contributed by atoms with Gasteiger partial charge in [0.15, 0.2) is 12.3 Å². The maximum atomic E-state index is 11.2. The zero-order valence-electron chi connectivity index (χ0n) is 13.2. The first-order chi connectivity index (χ1) is 11.2. The van der Waals surface area contributed by atoms with Crippen molar-refractivity contribution in [2.45, 2.75) is 50.5 Å². The first-order valence-corrected chi connectivity index (χ1v) is 7.18. The molecule has 1 saturated heterocycles. The van der Waals surface area contributed by atoms with Crippen LogP contribution in [0.25, 0.3) is 0 Å². The highest BCUT2D eigenvalue weighted by Gasteiger charge is 2.45. The Morgan fingerprint density at radius 1 is 1.17 bits per heavy atom. The maximum Gasteiger partial charge on any atom is 0.328 e.